The van der Waals surface area contributed by atoms with Gasteiger partial charge in [-0.15, -0.1) is 0 Å². The van der Waals surface area contributed by atoms with Crippen molar-refractivity contribution >= 4 is 33.3 Å². The van der Waals surface area contributed by atoms with E-state index in [1.54, 1.807) is 6.07 Å². The van der Waals surface area contributed by atoms with E-state index in [0.717, 1.165) is 11.3 Å². The number of nitrogens with zero attached hydrogens (tertiary/aromatic N) is 1. The summed E-state index contributed by atoms with van der Waals surface area (Å²) in [5.74, 6) is 0.578. The number of ketones is 1. The molecule has 2 rings (SSSR count). The quantitative estimate of drug-likeness (QED) is 0.695. The molecule has 0 atom stereocenters. The minimum absolute atomic E-state index is 0.0444. The lowest BCUT2D eigenvalue weighted by molar-refractivity contribution is 0.101. The Kier molecular flexibility index (Phi) is 3.64. The second-order valence-corrected chi connectivity index (χ2v) is 4.56. The topological polar surface area (TPSA) is 45.8 Å². The molecule has 1 aromatic heterocycles. The second-order valence-electron chi connectivity index (χ2n) is 3.60. The number of aryl methyl sites for hydroxylation is 1. The van der Waals surface area contributed by atoms with Crippen LogP contribution in [0.3, 0.4) is 0 Å². The van der Waals surface area contributed by atoms with Gasteiger partial charge < -0.3 is 4.98 Å². The number of H-pyrrole nitrogens is 1. The van der Waals surface area contributed by atoms with Crippen molar-refractivity contribution in [2.45, 2.75) is 6.92 Å². The smallest absolute Gasteiger partial charge is 0.193 e. The Morgan fingerprint density at radius 1 is 1.47 bits per heavy atom. The Balaban J connectivity index is 2.49. The van der Waals surface area contributed by atoms with Gasteiger partial charge in [-0.2, -0.15) is 0 Å². The lowest BCUT2D eigenvalue weighted by Gasteiger charge is -1.98. The van der Waals surface area contributed by atoms with Gasteiger partial charge >= 0.3 is 0 Å². The number of halogens is 2. The zero-order valence-electron chi connectivity index (χ0n) is 9.13. The van der Waals surface area contributed by atoms with Gasteiger partial charge in [0.1, 0.15) is 11.5 Å². The number of hydrogen-bond donors (Lipinski definition) is 1. The highest BCUT2D eigenvalue weighted by Crippen LogP contribution is 2.26. The molecule has 1 N–H and O–H groups in total. The van der Waals surface area contributed by atoms with Gasteiger partial charge in [-0.05, 0) is 19.1 Å². The number of nitrogens with one attached hydrogen (secondary N) is 1. The van der Waals surface area contributed by atoms with E-state index in [4.69, 9.17) is 11.6 Å². The first-order valence-corrected chi connectivity index (χ1v) is 6.54. The number of aromatic nitrogens is 2. The predicted octanol–water partition coefficient (Wildman–Crippen LogP) is 3.62. The Morgan fingerprint density at radius 2 is 2.18 bits per heavy atom. The van der Waals surface area contributed by atoms with Crippen molar-refractivity contribution in [3.05, 3.63) is 40.7 Å². The molecule has 0 radical (unpaired) electrons. The lowest BCUT2D eigenvalue weighted by atomic mass is 10.2. The van der Waals surface area contributed by atoms with Gasteiger partial charge in [-0.25, -0.2) is 4.98 Å². The fourth-order valence-electron chi connectivity index (χ4n) is 1.58. The maximum atomic E-state index is 11.6. The van der Waals surface area contributed by atoms with Crippen molar-refractivity contribution in [3.8, 4) is 11.4 Å². The van der Waals surface area contributed by atoms with Crippen LogP contribution in [0.15, 0.2) is 24.3 Å². The Morgan fingerprint density at radius 3 is 2.82 bits per heavy atom. The molecule has 0 aliphatic rings. The Bertz CT molecular complexity index is 565. The molecule has 0 fully saturated rings. The number of hydrogen-bond acceptors (Lipinski definition) is 2. The summed E-state index contributed by atoms with van der Waals surface area (Å²) in [4.78, 5) is 19.0. The van der Waals surface area contributed by atoms with E-state index in [1.807, 2.05) is 25.1 Å². The first-order valence-electron chi connectivity index (χ1n) is 5.04. The highest BCUT2D eigenvalue weighted by atomic mass is 79.9. The average molecular weight is 314 g/mol. The number of rotatable bonds is 3. The van der Waals surface area contributed by atoms with Crippen LogP contribution in [0.2, 0.25) is 5.02 Å². The number of carbonyl (C=O) groups excluding carboxylic acids is 1. The summed E-state index contributed by atoms with van der Waals surface area (Å²) in [5, 5.41) is 0.875. The van der Waals surface area contributed by atoms with Crippen LogP contribution in [0.25, 0.3) is 11.4 Å². The molecular formula is C12H10BrClN2O. The molecule has 88 valence electrons. The molecule has 1 aromatic carbocycles. The molecule has 0 aliphatic carbocycles. The van der Waals surface area contributed by atoms with Crippen molar-refractivity contribution < 1.29 is 4.79 Å². The first-order chi connectivity index (χ1) is 8.13. The summed E-state index contributed by atoms with van der Waals surface area (Å²) in [6.07, 6.45) is 0. The van der Waals surface area contributed by atoms with Gasteiger partial charge in [0.2, 0.25) is 0 Å². The van der Waals surface area contributed by atoms with Crippen molar-refractivity contribution in [1.82, 2.24) is 9.97 Å². The third kappa shape index (κ3) is 2.42. The monoisotopic (exact) mass is 312 g/mol. The van der Waals surface area contributed by atoms with Crippen molar-refractivity contribution in [2.24, 2.45) is 0 Å². The van der Waals surface area contributed by atoms with Gasteiger partial charge in [0, 0.05) is 11.3 Å². The zero-order chi connectivity index (χ0) is 12.4. The highest BCUT2D eigenvalue weighted by Gasteiger charge is 2.15. The minimum atomic E-state index is -0.0444. The van der Waals surface area contributed by atoms with Gasteiger partial charge in [0.25, 0.3) is 0 Å². The molecule has 5 heteroatoms. The SMILES string of the molecule is Cc1[nH]c(-c2ccccc2Cl)nc1C(=O)CBr. The summed E-state index contributed by atoms with van der Waals surface area (Å²) in [5.41, 5.74) is 2.01. The number of benzene rings is 1. The number of alkyl halides is 1. The molecule has 0 aliphatic heterocycles. The maximum Gasteiger partial charge on any atom is 0.193 e. The molecule has 2 aromatic rings. The van der Waals surface area contributed by atoms with Gasteiger partial charge in [0.05, 0.1) is 10.4 Å². The number of aromatic amines is 1. The second kappa shape index (κ2) is 5.02. The van der Waals surface area contributed by atoms with E-state index < -0.39 is 0 Å². The van der Waals surface area contributed by atoms with E-state index in [2.05, 4.69) is 25.9 Å². The fourth-order valence-corrected chi connectivity index (χ4v) is 2.07. The third-order valence-corrected chi connectivity index (χ3v) is 3.24. The molecular weight excluding hydrogens is 304 g/mol. The molecule has 0 spiro atoms. The molecule has 1 heterocycles. The Hall–Kier alpha value is -1.13. The van der Waals surface area contributed by atoms with Crippen LogP contribution >= 0.6 is 27.5 Å². The van der Waals surface area contributed by atoms with E-state index >= 15 is 0 Å². The van der Waals surface area contributed by atoms with Crippen molar-refractivity contribution in [3.63, 3.8) is 0 Å². The molecule has 0 bridgehead atoms. The fraction of sp³-hybridized carbons (Fsp3) is 0.167. The Labute approximate surface area is 112 Å². The number of Topliss-reactive ketones (excluding diaryl/α,β-unsaturated/α-hetero) is 1. The van der Waals surface area contributed by atoms with Crippen LogP contribution in [0.1, 0.15) is 16.2 Å². The summed E-state index contributed by atoms with van der Waals surface area (Å²) >= 11 is 9.22. The molecule has 0 amide bonds. The number of carbonyl (C=O) groups is 1. The molecule has 3 nitrogen and oxygen atoms in total. The van der Waals surface area contributed by atoms with Crippen LogP contribution in [0.4, 0.5) is 0 Å². The minimum Gasteiger partial charge on any atom is -0.341 e. The predicted molar refractivity (Wildman–Crippen MR) is 71.9 cm³/mol. The summed E-state index contributed by atoms with van der Waals surface area (Å²) in [6.45, 7) is 1.82. The molecule has 0 saturated heterocycles. The van der Waals surface area contributed by atoms with Crippen LogP contribution in [0.5, 0.6) is 0 Å². The largest absolute Gasteiger partial charge is 0.341 e. The van der Waals surface area contributed by atoms with Crippen molar-refractivity contribution in [1.29, 1.82) is 0 Å². The summed E-state index contributed by atoms with van der Waals surface area (Å²) < 4.78 is 0. The first kappa shape index (κ1) is 12.3. The van der Waals surface area contributed by atoms with E-state index in [0.29, 0.717) is 16.5 Å². The third-order valence-electron chi connectivity index (χ3n) is 2.40. The molecule has 0 saturated carbocycles. The highest BCUT2D eigenvalue weighted by molar-refractivity contribution is 9.09. The summed E-state index contributed by atoms with van der Waals surface area (Å²) in [7, 11) is 0. The van der Waals surface area contributed by atoms with Crippen LogP contribution in [-0.4, -0.2) is 21.1 Å². The van der Waals surface area contributed by atoms with Crippen LogP contribution < -0.4 is 0 Å². The van der Waals surface area contributed by atoms with Crippen LogP contribution in [0, 0.1) is 6.92 Å². The molecule has 17 heavy (non-hydrogen) atoms. The molecule has 0 unspecified atom stereocenters. The van der Waals surface area contributed by atoms with E-state index in [-0.39, 0.29) is 11.1 Å². The maximum absolute atomic E-state index is 11.6. The lowest BCUT2D eigenvalue weighted by Crippen LogP contribution is -2.02. The standard InChI is InChI=1S/C12H10BrClN2O/c1-7-11(10(17)6-13)16-12(15-7)8-4-2-3-5-9(8)14/h2-5H,6H2,1H3,(H,15,16). The van der Waals surface area contributed by atoms with E-state index in [1.165, 1.54) is 0 Å². The van der Waals surface area contributed by atoms with E-state index in [9.17, 15) is 4.79 Å². The van der Waals surface area contributed by atoms with Gasteiger partial charge in [-0.3, -0.25) is 4.79 Å². The van der Waals surface area contributed by atoms with Crippen LogP contribution in [-0.2, 0) is 0 Å². The van der Waals surface area contributed by atoms with Crippen molar-refractivity contribution in [2.75, 3.05) is 5.33 Å². The van der Waals surface area contributed by atoms with Gasteiger partial charge in [-0.1, -0.05) is 39.7 Å². The number of imidazole rings is 1. The summed E-state index contributed by atoms with van der Waals surface area (Å²) in [6, 6.07) is 7.39. The zero-order valence-corrected chi connectivity index (χ0v) is 11.5. The van der Waals surface area contributed by atoms with Gasteiger partial charge in [0.15, 0.2) is 5.78 Å². The normalized spacial score (nSPS) is 10.5. The average Bonchev–Trinajstić information content (AvgIpc) is 2.71.